The normalized spacial score (nSPS) is 11.3. The van der Waals surface area contributed by atoms with Crippen molar-refractivity contribution in [3.05, 3.63) is 250 Å². The van der Waals surface area contributed by atoms with E-state index in [1.807, 2.05) is 24.3 Å². The van der Waals surface area contributed by atoms with Gasteiger partial charge in [0.1, 0.15) is 0 Å². The highest BCUT2D eigenvalue weighted by Gasteiger charge is 2.27. The monoisotopic (exact) mass is 852 g/mol. The molecule has 0 N–H and O–H groups in total. The molecule has 0 saturated heterocycles. The standard InChI is InChI=1S/C62H52N4/c1-40-34-42(3)57(43(4)35-40)59(58-44(5)36-41(2)37-45(58)6)49-30-32-54(33-31-49)66(56-39-53-25-17-16-24-52(53)38-55(56)48-20-12-8-13-21-48)62-64-60(50-22-14-9-15-23-50)63-61(65-62)51-28-26-47(27-29-51)46-18-10-7-11-19-46/h7-39,59H,1-6H3. The summed E-state index contributed by atoms with van der Waals surface area (Å²) in [4.78, 5) is 18.2. The fourth-order valence-electron chi connectivity index (χ4n) is 9.96. The van der Waals surface area contributed by atoms with Gasteiger partial charge in [0.15, 0.2) is 11.6 Å². The van der Waals surface area contributed by atoms with E-state index in [0.29, 0.717) is 17.6 Å². The van der Waals surface area contributed by atoms with Gasteiger partial charge in [-0.15, -0.1) is 0 Å². The van der Waals surface area contributed by atoms with E-state index >= 15 is 0 Å². The Morgan fingerprint density at radius 2 is 0.773 bits per heavy atom. The van der Waals surface area contributed by atoms with Crippen molar-refractivity contribution in [2.75, 3.05) is 4.90 Å². The van der Waals surface area contributed by atoms with E-state index in [0.717, 1.165) is 55.5 Å². The summed E-state index contributed by atoms with van der Waals surface area (Å²) in [7, 11) is 0. The number of rotatable bonds is 10. The van der Waals surface area contributed by atoms with E-state index in [-0.39, 0.29) is 5.92 Å². The van der Waals surface area contributed by atoms with Crippen molar-refractivity contribution in [2.45, 2.75) is 47.5 Å². The van der Waals surface area contributed by atoms with Gasteiger partial charge < -0.3 is 0 Å². The second-order valence-electron chi connectivity index (χ2n) is 17.7. The maximum absolute atomic E-state index is 5.42. The highest BCUT2D eigenvalue weighted by Crippen LogP contribution is 2.45. The molecule has 1 aromatic heterocycles. The predicted molar refractivity (Wildman–Crippen MR) is 276 cm³/mol. The molecule has 0 aliphatic rings. The van der Waals surface area contributed by atoms with Gasteiger partial charge in [-0.2, -0.15) is 9.97 Å². The van der Waals surface area contributed by atoms with Crippen molar-refractivity contribution in [2.24, 2.45) is 0 Å². The average molecular weight is 853 g/mol. The van der Waals surface area contributed by atoms with Crippen LogP contribution in [0.25, 0.3) is 55.8 Å². The highest BCUT2D eigenvalue weighted by molar-refractivity contribution is 5.98. The Balaban J connectivity index is 1.21. The van der Waals surface area contributed by atoms with E-state index in [1.54, 1.807) is 0 Å². The third kappa shape index (κ3) is 8.30. The van der Waals surface area contributed by atoms with Gasteiger partial charge in [0.05, 0.1) is 5.69 Å². The molecule has 4 nitrogen and oxygen atoms in total. The van der Waals surface area contributed by atoms with Crippen LogP contribution in [0.1, 0.15) is 56.0 Å². The zero-order valence-corrected chi connectivity index (χ0v) is 38.4. The number of aromatic nitrogens is 3. The number of fused-ring (bicyclic) bond motifs is 1. The Morgan fingerprint density at radius 1 is 0.364 bits per heavy atom. The molecular weight excluding hydrogens is 801 g/mol. The fraction of sp³-hybridized carbons (Fsp3) is 0.113. The molecule has 0 aliphatic heterocycles. The quantitative estimate of drug-likeness (QED) is 0.129. The summed E-state index contributed by atoms with van der Waals surface area (Å²) in [5.74, 6) is 1.75. The smallest absolute Gasteiger partial charge is 0.238 e. The van der Waals surface area contributed by atoms with Gasteiger partial charge in [-0.05, 0) is 132 Å². The Kier molecular flexibility index (Phi) is 11.4. The second-order valence-corrected chi connectivity index (χ2v) is 17.7. The number of benzene rings is 9. The van der Waals surface area contributed by atoms with Crippen molar-refractivity contribution in [1.82, 2.24) is 15.0 Å². The van der Waals surface area contributed by atoms with Crippen LogP contribution in [0.2, 0.25) is 0 Å². The van der Waals surface area contributed by atoms with Crippen LogP contribution in [0.3, 0.4) is 0 Å². The number of hydrogen-bond donors (Lipinski definition) is 0. The summed E-state index contributed by atoms with van der Waals surface area (Å²) in [5, 5.41) is 2.28. The number of anilines is 3. The van der Waals surface area contributed by atoms with Crippen molar-refractivity contribution < 1.29 is 0 Å². The van der Waals surface area contributed by atoms with Gasteiger partial charge in [0.25, 0.3) is 0 Å². The lowest BCUT2D eigenvalue weighted by atomic mass is 9.77. The van der Waals surface area contributed by atoms with E-state index in [4.69, 9.17) is 15.0 Å². The molecule has 9 aromatic carbocycles. The maximum Gasteiger partial charge on any atom is 0.238 e. The van der Waals surface area contributed by atoms with E-state index < -0.39 is 0 Å². The zero-order chi connectivity index (χ0) is 45.3. The molecule has 0 spiro atoms. The lowest BCUT2D eigenvalue weighted by Gasteiger charge is -2.29. The van der Waals surface area contributed by atoms with Crippen LogP contribution < -0.4 is 4.90 Å². The SMILES string of the molecule is Cc1cc(C)c(C(c2ccc(N(c3nc(-c4ccccc4)nc(-c4ccc(-c5ccccc5)cc4)n3)c3cc4ccccc4cc3-c3ccccc3)cc2)c2c(C)cc(C)cc2C)c(C)c1. The topological polar surface area (TPSA) is 41.9 Å². The number of nitrogens with zero attached hydrogens (tertiary/aromatic N) is 4. The largest absolute Gasteiger partial charge is 0.278 e. The third-order valence-corrected chi connectivity index (χ3v) is 12.8. The molecule has 320 valence electrons. The lowest BCUT2D eigenvalue weighted by molar-refractivity contribution is 0.919. The van der Waals surface area contributed by atoms with Gasteiger partial charge in [0, 0.05) is 28.3 Å². The summed E-state index contributed by atoms with van der Waals surface area (Å²) >= 11 is 0. The molecule has 66 heavy (non-hydrogen) atoms. The molecule has 0 aliphatic carbocycles. The van der Waals surface area contributed by atoms with Crippen LogP contribution in [0.4, 0.5) is 17.3 Å². The van der Waals surface area contributed by atoms with Gasteiger partial charge in [-0.1, -0.05) is 187 Å². The van der Waals surface area contributed by atoms with Crippen LogP contribution >= 0.6 is 0 Å². The first kappa shape index (κ1) is 42.0. The number of hydrogen-bond acceptors (Lipinski definition) is 4. The van der Waals surface area contributed by atoms with Gasteiger partial charge >= 0.3 is 0 Å². The zero-order valence-electron chi connectivity index (χ0n) is 38.4. The predicted octanol–water partition coefficient (Wildman–Crippen LogP) is 16.2. The first-order valence-electron chi connectivity index (χ1n) is 22.8. The van der Waals surface area contributed by atoms with E-state index in [1.165, 1.54) is 50.1 Å². The molecule has 0 fully saturated rings. The summed E-state index contributed by atoms with van der Waals surface area (Å²) in [5.41, 5.74) is 19.9. The number of aryl methyl sites for hydroxylation is 6. The molecule has 4 heteroatoms. The Morgan fingerprint density at radius 3 is 1.29 bits per heavy atom. The Labute approximate surface area is 389 Å². The van der Waals surface area contributed by atoms with E-state index in [9.17, 15) is 0 Å². The molecule has 10 aromatic rings. The van der Waals surface area contributed by atoms with Gasteiger partial charge in [-0.25, -0.2) is 4.98 Å². The Bertz CT molecular complexity index is 3240. The molecule has 0 unspecified atom stereocenters. The van der Waals surface area contributed by atoms with Crippen molar-refractivity contribution >= 4 is 28.1 Å². The van der Waals surface area contributed by atoms with E-state index in [2.05, 4.69) is 222 Å². The van der Waals surface area contributed by atoms with Crippen LogP contribution in [0.15, 0.2) is 200 Å². The highest BCUT2D eigenvalue weighted by atomic mass is 15.3. The molecule has 10 rings (SSSR count). The molecule has 0 atom stereocenters. The summed E-state index contributed by atoms with van der Waals surface area (Å²) in [6.07, 6.45) is 0. The van der Waals surface area contributed by atoms with Crippen LogP contribution in [0, 0.1) is 41.5 Å². The summed E-state index contributed by atoms with van der Waals surface area (Å²) < 4.78 is 0. The summed E-state index contributed by atoms with van der Waals surface area (Å²) in [6, 6.07) is 71.4. The minimum atomic E-state index is 0.0292. The van der Waals surface area contributed by atoms with Crippen molar-refractivity contribution in [3.63, 3.8) is 0 Å². The average Bonchev–Trinajstić information content (AvgIpc) is 3.34. The first-order valence-corrected chi connectivity index (χ1v) is 22.8. The van der Waals surface area contributed by atoms with Gasteiger partial charge in [-0.3, -0.25) is 4.90 Å². The maximum atomic E-state index is 5.42. The molecule has 0 bridgehead atoms. The Hall–Kier alpha value is -7.95. The lowest BCUT2D eigenvalue weighted by Crippen LogP contribution is -2.17. The van der Waals surface area contributed by atoms with Crippen LogP contribution in [-0.2, 0) is 0 Å². The summed E-state index contributed by atoms with van der Waals surface area (Å²) in [6.45, 7) is 13.4. The molecule has 0 radical (unpaired) electrons. The molecular formula is C62H52N4. The third-order valence-electron chi connectivity index (χ3n) is 12.8. The van der Waals surface area contributed by atoms with Crippen molar-refractivity contribution in [1.29, 1.82) is 0 Å². The fourth-order valence-corrected chi connectivity index (χ4v) is 9.96. The first-order chi connectivity index (χ1) is 32.2. The molecule has 0 saturated carbocycles. The van der Waals surface area contributed by atoms with Crippen LogP contribution in [-0.4, -0.2) is 15.0 Å². The minimum Gasteiger partial charge on any atom is -0.278 e. The van der Waals surface area contributed by atoms with Gasteiger partial charge in [0.2, 0.25) is 5.95 Å². The molecule has 0 amide bonds. The minimum absolute atomic E-state index is 0.0292. The van der Waals surface area contributed by atoms with Crippen molar-refractivity contribution in [3.8, 4) is 45.0 Å². The van der Waals surface area contributed by atoms with Crippen LogP contribution in [0.5, 0.6) is 0 Å². The second kappa shape index (κ2) is 17.9. The molecule has 1 heterocycles.